The molecule has 136 valence electrons. The number of sulfone groups is 1. The van der Waals surface area contributed by atoms with Crippen LogP contribution in [0.3, 0.4) is 0 Å². The first-order valence-corrected chi connectivity index (χ1v) is 9.78. The van der Waals surface area contributed by atoms with Crippen molar-refractivity contribution in [1.29, 1.82) is 0 Å². The zero-order chi connectivity index (χ0) is 18.6. The molecule has 0 spiro atoms. The zero-order valence-electron chi connectivity index (χ0n) is 14.3. The molecule has 3 rings (SSSR count). The Hall–Kier alpha value is -2.71. The van der Waals surface area contributed by atoms with E-state index >= 15 is 0 Å². The van der Waals surface area contributed by atoms with Crippen LogP contribution in [0.15, 0.2) is 59.5 Å². The van der Waals surface area contributed by atoms with Crippen molar-refractivity contribution in [3.8, 4) is 11.4 Å². The third-order valence-corrected chi connectivity index (χ3v) is 5.62. The molecule has 26 heavy (non-hydrogen) atoms. The van der Waals surface area contributed by atoms with E-state index in [-0.39, 0.29) is 10.6 Å². The van der Waals surface area contributed by atoms with Gasteiger partial charge in [-0.1, -0.05) is 30.3 Å². The summed E-state index contributed by atoms with van der Waals surface area (Å²) in [6.07, 6.45) is 0. The molecule has 8 heteroatoms. The van der Waals surface area contributed by atoms with Crippen molar-refractivity contribution in [3.63, 3.8) is 0 Å². The third-order valence-electron chi connectivity index (χ3n) is 3.91. The molecule has 0 aliphatic carbocycles. The first kappa shape index (κ1) is 18.1. The molecular weight excluding hydrogens is 352 g/mol. The number of rotatable bonds is 7. The molecular formula is C18H20N4O3S. The second-order valence-electron chi connectivity index (χ2n) is 5.76. The number of nitrogens with zero attached hydrogens (tertiary/aromatic N) is 3. The minimum Gasteiger partial charge on any atom is -0.395 e. The molecule has 3 aromatic rings. The Balaban J connectivity index is 1.69. The van der Waals surface area contributed by atoms with E-state index in [4.69, 9.17) is 5.11 Å². The fraction of sp³-hybridized carbons (Fsp3) is 0.222. The summed E-state index contributed by atoms with van der Waals surface area (Å²) in [5.41, 5.74) is 1.73. The lowest BCUT2D eigenvalue weighted by atomic mass is 10.2. The molecule has 1 heterocycles. The summed E-state index contributed by atoms with van der Waals surface area (Å²) in [5.74, 6) is 1.15. The maximum Gasteiger partial charge on any atom is 0.181 e. The van der Waals surface area contributed by atoms with Crippen molar-refractivity contribution in [1.82, 2.24) is 14.8 Å². The predicted molar refractivity (Wildman–Crippen MR) is 99.3 cm³/mol. The third kappa shape index (κ3) is 4.09. The van der Waals surface area contributed by atoms with Crippen LogP contribution in [-0.2, 0) is 23.4 Å². The van der Waals surface area contributed by atoms with Gasteiger partial charge in [-0.05, 0) is 24.3 Å². The van der Waals surface area contributed by atoms with Crippen LogP contribution in [0.1, 0.15) is 5.82 Å². The van der Waals surface area contributed by atoms with Crippen molar-refractivity contribution in [3.05, 3.63) is 60.4 Å². The Morgan fingerprint density at radius 1 is 1.08 bits per heavy atom. The van der Waals surface area contributed by atoms with Crippen LogP contribution in [0.4, 0.5) is 5.69 Å². The molecule has 0 unspecified atom stereocenters. The summed E-state index contributed by atoms with van der Waals surface area (Å²) in [5, 5.41) is 16.5. The number of aryl methyl sites for hydroxylation is 1. The molecule has 0 amide bonds. The van der Waals surface area contributed by atoms with Crippen molar-refractivity contribution in [2.24, 2.45) is 7.05 Å². The molecule has 2 aromatic carbocycles. The van der Waals surface area contributed by atoms with Gasteiger partial charge in [0.2, 0.25) is 0 Å². The van der Waals surface area contributed by atoms with Gasteiger partial charge in [0.15, 0.2) is 15.7 Å². The Morgan fingerprint density at radius 2 is 1.77 bits per heavy atom. The number of aliphatic hydroxyl groups excluding tert-OH is 1. The minimum atomic E-state index is -3.43. The molecule has 0 radical (unpaired) electrons. The lowest BCUT2D eigenvalue weighted by molar-refractivity contribution is 0.319. The van der Waals surface area contributed by atoms with E-state index in [1.54, 1.807) is 16.8 Å². The van der Waals surface area contributed by atoms with Crippen molar-refractivity contribution in [2.45, 2.75) is 11.4 Å². The van der Waals surface area contributed by atoms with Crippen LogP contribution >= 0.6 is 0 Å². The summed E-state index contributed by atoms with van der Waals surface area (Å²) >= 11 is 0. The average Bonchev–Trinajstić information content (AvgIpc) is 3.02. The number of nitrogens with one attached hydrogen (secondary N) is 1. The molecule has 0 aliphatic rings. The summed E-state index contributed by atoms with van der Waals surface area (Å²) in [4.78, 5) is 4.74. The highest BCUT2D eigenvalue weighted by molar-refractivity contribution is 7.91. The Morgan fingerprint density at radius 3 is 2.42 bits per heavy atom. The standard InChI is InChI=1S/C18H20N4O3S/c1-22-17(20-18(21-22)14-5-3-2-4-6-14)13-19-15-7-9-16(10-8-15)26(24,25)12-11-23/h2-10,19,23H,11-13H2,1H3. The van der Waals surface area contributed by atoms with E-state index < -0.39 is 16.4 Å². The van der Waals surface area contributed by atoms with Gasteiger partial charge in [0.25, 0.3) is 0 Å². The fourth-order valence-corrected chi connectivity index (χ4v) is 3.51. The molecule has 0 fully saturated rings. The monoisotopic (exact) mass is 372 g/mol. The Bertz CT molecular complexity index is 967. The highest BCUT2D eigenvalue weighted by Crippen LogP contribution is 2.17. The van der Waals surface area contributed by atoms with Gasteiger partial charge < -0.3 is 10.4 Å². The van der Waals surface area contributed by atoms with Gasteiger partial charge in [-0.15, -0.1) is 0 Å². The SMILES string of the molecule is Cn1nc(-c2ccccc2)nc1CNc1ccc(S(=O)(=O)CCO)cc1. The molecule has 7 nitrogen and oxygen atoms in total. The molecule has 0 saturated heterocycles. The van der Waals surface area contributed by atoms with Crippen LogP contribution in [-0.4, -0.2) is 40.6 Å². The lowest BCUT2D eigenvalue weighted by Crippen LogP contribution is -2.10. The van der Waals surface area contributed by atoms with Crippen LogP contribution in [0.5, 0.6) is 0 Å². The number of hydrogen-bond acceptors (Lipinski definition) is 6. The predicted octanol–water partition coefficient (Wildman–Crippen LogP) is 1.86. The van der Waals surface area contributed by atoms with Gasteiger partial charge in [-0.3, -0.25) is 4.68 Å². The van der Waals surface area contributed by atoms with E-state index in [0.29, 0.717) is 12.4 Å². The van der Waals surface area contributed by atoms with Crippen molar-refractivity contribution < 1.29 is 13.5 Å². The number of hydrogen-bond donors (Lipinski definition) is 2. The summed E-state index contributed by atoms with van der Waals surface area (Å²) < 4.78 is 25.5. The molecule has 0 bridgehead atoms. The molecule has 0 atom stereocenters. The van der Waals surface area contributed by atoms with Crippen LogP contribution in [0.25, 0.3) is 11.4 Å². The van der Waals surface area contributed by atoms with Gasteiger partial charge in [-0.25, -0.2) is 13.4 Å². The van der Waals surface area contributed by atoms with E-state index in [2.05, 4.69) is 15.4 Å². The molecule has 0 saturated carbocycles. The van der Waals surface area contributed by atoms with Gasteiger partial charge in [0.1, 0.15) is 5.82 Å². The number of aliphatic hydroxyl groups is 1. The number of benzene rings is 2. The van der Waals surface area contributed by atoms with Gasteiger partial charge in [-0.2, -0.15) is 5.10 Å². The maximum atomic E-state index is 11.9. The van der Waals surface area contributed by atoms with Crippen molar-refractivity contribution in [2.75, 3.05) is 17.7 Å². The number of aromatic nitrogens is 3. The normalized spacial score (nSPS) is 11.5. The topological polar surface area (TPSA) is 97.1 Å². The highest BCUT2D eigenvalue weighted by Gasteiger charge is 2.13. The number of anilines is 1. The molecule has 1 aromatic heterocycles. The van der Waals surface area contributed by atoms with E-state index in [1.165, 1.54) is 12.1 Å². The van der Waals surface area contributed by atoms with E-state index in [1.807, 2.05) is 37.4 Å². The second-order valence-corrected chi connectivity index (χ2v) is 7.87. The van der Waals surface area contributed by atoms with Crippen LogP contribution < -0.4 is 5.32 Å². The first-order chi connectivity index (χ1) is 12.5. The van der Waals surface area contributed by atoms with Gasteiger partial charge in [0.05, 0.1) is 23.8 Å². The molecule has 2 N–H and O–H groups in total. The molecule has 0 aliphatic heterocycles. The first-order valence-electron chi connectivity index (χ1n) is 8.12. The summed E-state index contributed by atoms with van der Waals surface area (Å²) in [6.45, 7) is 0.0668. The smallest absolute Gasteiger partial charge is 0.181 e. The fourth-order valence-electron chi connectivity index (χ4n) is 2.48. The van der Waals surface area contributed by atoms with Crippen LogP contribution in [0.2, 0.25) is 0 Å². The average molecular weight is 372 g/mol. The minimum absolute atomic E-state index is 0.196. The Labute approximate surface area is 152 Å². The van der Waals surface area contributed by atoms with Crippen LogP contribution in [0, 0.1) is 0 Å². The lowest BCUT2D eigenvalue weighted by Gasteiger charge is -2.07. The Kier molecular flexibility index (Phi) is 5.34. The largest absolute Gasteiger partial charge is 0.395 e. The summed E-state index contributed by atoms with van der Waals surface area (Å²) in [7, 11) is -1.60. The van der Waals surface area contributed by atoms with Gasteiger partial charge >= 0.3 is 0 Å². The maximum absolute atomic E-state index is 11.9. The zero-order valence-corrected chi connectivity index (χ0v) is 15.1. The second kappa shape index (κ2) is 7.67. The van der Waals surface area contributed by atoms with Crippen molar-refractivity contribution >= 4 is 15.5 Å². The van der Waals surface area contributed by atoms with Gasteiger partial charge in [0, 0.05) is 18.3 Å². The quantitative estimate of drug-likeness (QED) is 0.657. The highest BCUT2D eigenvalue weighted by atomic mass is 32.2. The van der Waals surface area contributed by atoms with E-state index in [9.17, 15) is 8.42 Å². The summed E-state index contributed by atoms with van der Waals surface area (Å²) in [6, 6.07) is 16.2. The van der Waals surface area contributed by atoms with E-state index in [0.717, 1.165) is 17.1 Å².